The van der Waals surface area contributed by atoms with Crippen molar-refractivity contribution >= 4 is 21.6 Å². The number of hydrogen-bond donors (Lipinski definition) is 1. The normalized spacial score (nSPS) is 12.4. The number of sulfonamides is 1. The van der Waals surface area contributed by atoms with Crippen molar-refractivity contribution in [2.45, 2.75) is 10.9 Å². The van der Waals surface area contributed by atoms with Gasteiger partial charge in [-0.05, 0) is 56.1 Å². The van der Waals surface area contributed by atoms with Gasteiger partial charge in [-0.2, -0.15) is 0 Å². The van der Waals surface area contributed by atoms with Gasteiger partial charge in [0.15, 0.2) is 0 Å². The summed E-state index contributed by atoms with van der Waals surface area (Å²) in [6.45, 7) is 0.179. The van der Waals surface area contributed by atoms with E-state index in [-0.39, 0.29) is 28.9 Å². The van der Waals surface area contributed by atoms with Gasteiger partial charge >= 0.3 is 0 Å². The molecule has 32 heavy (non-hydrogen) atoms. The molecule has 1 unspecified atom stereocenters. The van der Waals surface area contributed by atoms with E-state index < -0.39 is 15.9 Å². The lowest BCUT2D eigenvalue weighted by molar-refractivity contribution is 0.0938. The van der Waals surface area contributed by atoms with E-state index in [4.69, 9.17) is 0 Å². The van der Waals surface area contributed by atoms with Gasteiger partial charge in [-0.1, -0.05) is 42.5 Å². The molecule has 0 saturated carbocycles. The van der Waals surface area contributed by atoms with Gasteiger partial charge in [-0.15, -0.1) is 0 Å². The molecule has 0 fully saturated rings. The summed E-state index contributed by atoms with van der Waals surface area (Å²) in [5.74, 6) is -0.880. The average Bonchev–Trinajstić information content (AvgIpc) is 2.79. The third-order valence-electron chi connectivity index (χ3n) is 5.20. The molecule has 6 nitrogen and oxygen atoms in total. The summed E-state index contributed by atoms with van der Waals surface area (Å²) in [6, 6.07) is 20.6. The van der Waals surface area contributed by atoms with Crippen molar-refractivity contribution in [2.75, 3.05) is 32.0 Å². The van der Waals surface area contributed by atoms with Crippen LogP contribution in [0.25, 0.3) is 0 Å². The largest absolute Gasteiger partial charge is 0.350 e. The third kappa shape index (κ3) is 5.15. The van der Waals surface area contributed by atoms with Gasteiger partial charge in [0.25, 0.3) is 15.9 Å². The number of anilines is 1. The van der Waals surface area contributed by atoms with E-state index in [0.29, 0.717) is 11.3 Å². The Morgan fingerprint density at radius 2 is 1.59 bits per heavy atom. The predicted molar refractivity (Wildman–Crippen MR) is 124 cm³/mol. The van der Waals surface area contributed by atoms with E-state index in [9.17, 15) is 17.6 Å². The fraction of sp³-hybridized carbons (Fsp3) is 0.208. The molecule has 168 valence electrons. The predicted octanol–water partition coefficient (Wildman–Crippen LogP) is 3.68. The Kier molecular flexibility index (Phi) is 7.27. The van der Waals surface area contributed by atoms with Crippen molar-refractivity contribution in [1.29, 1.82) is 0 Å². The number of carbonyl (C=O) groups excluding carboxylic acids is 1. The van der Waals surface area contributed by atoms with Crippen molar-refractivity contribution < 1.29 is 17.6 Å². The lowest BCUT2D eigenvalue weighted by Gasteiger charge is -2.25. The molecule has 0 aliphatic heterocycles. The molecule has 0 radical (unpaired) electrons. The number of amides is 1. The number of nitrogens with zero attached hydrogens (tertiary/aromatic N) is 2. The molecule has 0 aliphatic rings. The Morgan fingerprint density at radius 3 is 2.25 bits per heavy atom. The maximum absolute atomic E-state index is 13.7. The number of benzene rings is 3. The molecule has 0 saturated heterocycles. The number of likely N-dealkylation sites (N-methyl/N-ethyl adjacent to an activating group) is 1. The summed E-state index contributed by atoms with van der Waals surface area (Å²) in [5.41, 5.74) is 1.24. The number of para-hydroxylation sites is 1. The molecule has 0 heterocycles. The SMILES string of the molecule is CN(C)C(CNC(=O)c1ccccc1S(=O)(=O)N(C)c1ccccc1)c1cccc(F)c1. The van der Waals surface area contributed by atoms with E-state index in [1.165, 1.54) is 31.3 Å². The summed E-state index contributed by atoms with van der Waals surface area (Å²) in [4.78, 5) is 14.8. The minimum Gasteiger partial charge on any atom is -0.350 e. The first-order valence-corrected chi connectivity index (χ1v) is 11.5. The highest BCUT2D eigenvalue weighted by molar-refractivity contribution is 7.92. The molecule has 1 amide bonds. The average molecular weight is 456 g/mol. The summed E-state index contributed by atoms with van der Waals surface area (Å²) >= 11 is 0. The van der Waals surface area contributed by atoms with Gasteiger partial charge in [0, 0.05) is 13.6 Å². The van der Waals surface area contributed by atoms with Crippen LogP contribution in [-0.4, -0.2) is 46.9 Å². The Bertz CT molecular complexity index is 1180. The molecule has 3 rings (SSSR count). The molecule has 0 aromatic heterocycles. The number of hydrogen-bond acceptors (Lipinski definition) is 4. The molecule has 0 bridgehead atoms. The van der Waals surface area contributed by atoms with Crippen LogP contribution in [0.3, 0.4) is 0 Å². The van der Waals surface area contributed by atoms with E-state index in [0.717, 1.165) is 4.31 Å². The van der Waals surface area contributed by atoms with Crippen LogP contribution in [0.4, 0.5) is 10.1 Å². The second-order valence-corrected chi connectivity index (χ2v) is 9.49. The van der Waals surface area contributed by atoms with Crippen LogP contribution in [0.1, 0.15) is 22.0 Å². The summed E-state index contributed by atoms with van der Waals surface area (Å²) in [6.07, 6.45) is 0. The number of carbonyl (C=O) groups is 1. The van der Waals surface area contributed by atoms with Crippen molar-refractivity contribution in [3.63, 3.8) is 0 Å². The molecule has 0 spiro atoms. The maximum Gasteiger partial charge on any atom is 0.264 e. The van der Waals surface area contributed by atoms with Crippen molar-refractivity contribution in [3.8, 4) is 0 Å². The van der Waals surface area contributed by atoms with Crippen LogP contribution in [0.5, 0.6) is 0 Å². The molecule has 1 atom stereocenters. The van der Waals surface area contributed by atoms with Gasteiger partial charge < -0.3 is 10.2 Å². The molecular weight excluding hydrogens is 429 g/mol. The Balaban J connectivity index is 1.85. The summed E-state index contributed by atoms with van der Waals surface area (Å²) in [5, 5.41) is 2.80. The Hall–Kier alpha value is -3.23. The monoisotopic (exact) mass is 455 g/mol. The van der Waals surface area contributed by atoms with E-state index in [2.05, 4.69) is 5.32 Å². The molecule has 3 aromatic carbocycles. The van der Waals surface area contributed by atoms with Crippen LogP contribution >= 0.6 is 0 Å². The van der Waals surface area contributed by atoms with Crippen LogP contribution in [0.2, 0.25) is 0 Å². The minimum atomic E-state index is -3.97. The second kappa shape index (κ2) is 9.93. The molecule has 8 heteroatoms. The maximum atomic E-state index is 13.7. The van der Waals surface area contributed by atoms with E-state index in [1.54, 1.807) is 54.6 Å². The van der Waals surface area contributed by atoms with Crippen LogP contribution < -0.4 is 9.62 Å². The lowest BCUT2D eigenvalue weighted by atomic mass is 10.1. The van der Waals surface area contributed by atoms with E-state index >= 15 is 0 Å². The highest BCUT2D eigenvalue weighted by Gasteiger charge is 2.27. The Labute approximate surface area is 188 Å². The zero-order chi connectivity index (χ0) is 23.3. The fourth-order valence-electron chi connectivity index (χ4n) is 3.40. The van der Waals surface area contributed by atoms with Gasteiger partial charge in [0.2, 0.25) is 0 Å². The van der Waals surface area contributed by atoms with Crippen molar-refractivity contribution in [2.24, 2.45) is 0 Å². The first-order valence-electron chi connectivity index (χ1n) is 10.0. The standard InChI is InChI=1S/C24H26FN3O3S/c1-27(2)22(18-10-9-11-19(25)16-18)17-26-24(29)21-14-7-8-15-23(21)32(30,31)28(3)20-12-5-4-6-13-20/h4-16,22H,17H2,1-3H3,(H,26,29). The fourth-order valence-corrected chi connectivity index (χ4v) is 4.78. The van der Waals surface area contributed by atoms with Gasteiger partial charge in [-0.3, -0.25) is 9.10 Å². The number of nitrogens with one attached hydrogen (secondary N) is 1. The number of rotatable bonds is 8. The summed E-state index contributed by atoms with van der Waals surface area (Å²) < 4.78 is 41.3. The first-order chi connectivity index (χ1) is 15.2. The van der Waals surface area contributed by atoms with Crippen LogP contribution in [-0.2, 0) is 10.0 Å². The lowest BCUT2D eigenvalue weighted by Crippen LogP contribution is -2.36. The third-order valence-corrected chi connectivity index (χ3v) is 7.05. The zero-order valence-corrected chi connectivity index (χ0v) is 19.0. The smallest absolute Gasteiger partial charge is 0.264 e. The highest BCUT2D eigenvalue weighted by atomic mass is 32.2. The number of halogens is 1. The molecule has 0 aliphatic carbocycles. The molecule has 1 N–H and O–H groups in total. The molecule has 3 aromatic rings. The first kappa shape index (κ1) is 23.4. The second-order valence-electron chi connectivity index (χ2n) is 7.55. The van der Waals surface area contributed by atoms with Crippen LogP contribution in [0, 0.1) is 5.82 Å². The topological polar surface area (TPSA) is 69.7 Å². The van der Waals surface area contributed by atoms with Gasteiger partial charge in [-0.25, -0.2) is 12.8 Å². The Morgan fingerprint density at radius 1 is 0.938 bits per heavy atom. The van der Waals surface area contributed by atoms with Crippen molar-refractivity contribution in [3.05, 3.63) is 95.8 Å². The van der Waals surface area contributed by atoms with Gasteiger partial charge in [0.1, 0.15) is 10.7 Å². The summed E-state index contributed by atoms with van der Waals surface area (Å²) in [7, 11) is 1.14. The van der Waals surface area contributed by atoms with E-state index in [1.807, 2.05) is 19.0 Å². The van der Waals surface area contributed by atoms with Crippen molar-refractivity contribution in [1.82, 2.24) is 10.2 Å². The van der Waals surface area contributed by atoms with Crippen LogP contribution in [0.15, 0.2) is 83.8 Å². The zero-order valence-electron chi connectivity index (χ0n) is 18.2. The minimum absolute atomic E-state index is 0.0482. The highest BCUT2D eigenvalue weighted by Crippen LogP contribution is 2.25. The quantitative estimate of drug-likeness (QED) is 0.563. The molecular formula is C24H26FN3O3S. The van der Waals surface area contributed by atoms with Gasteiger partial charge in [0.05, 0.1) is 17.3 Å².